The molecular formula is C14H24N4OS. The maximum Gasteiger partial charge on any atom is 0.222 e. The van der Waals surface area contributed by atoms with Crippen LogP contribution in [0, 0.1) is 5.92 Å². The van der Waals surface area contributed by atoms with Crippen LogP contribution in [0.2, 0.25) is 0 Å². The summed E-state index contributed by atoms with van der Waals surface area (Å²) in [7, 11) is 0. The third kappa shape index (κ3) is 3.91. The monoisotopic (exact) mass is 296 g/mol. The van der Waals surface area contributed by atoms with Crippen LogP contribution in [-0.2, 0) is 11.2 Å². The Kier molecular flexibility index (Phi) is 5.34. The minimum absolute atomic E-state index is 0.286. The van der Waals surface area contributed by atoms with Crippen LogP contribution < -0.4 is 4.90 Å². The Morgan fingerprint density at radius 3 is 2.75 bits per heavy atom. The van der Waals surface area contributed by atoms with Crippen LogP contribution >= 0.6 is 11.5 Å². The number of rotatable bonds is 4. The Morgan fingerprint density at radius 1 is 1.30 bits per heavy atom. The van der Waals surface area contributed by atoms with E-state index in [-0.39, 0.29) is 5.91 Å². The van der Waals surface area contributed by atoms with Gasteiger partial charge >= 0.3 is 0 Å². The second-order valence-corrected chi connectivity index (χ2v) is 6.40. The molecule has 1 saturated heterocycles. The van der Waals surface area contributed by atoms with Crippen molar-refractivity contribution in [3.63, 3.8) is 0 Å². The maximum atomic E-state index is 12.1. The molecule has 0 saturated carbocycles. The average molecular weight is 296 g/mol. The van der Waals surface area contributed by atoms with E-state index < -0.39 is 0 Å². The molecule has 1 aromatic rings. The summed E-state index contributed by atoms with van der Waals surface area (Å²) in [5, 5.41) is 1.00. The van der Waals surface area contributed by atoms with Crippen molar-refractivity contribution in [2.24, 2.45) is 5.92 Å². The standard InChI is InChI=1S/C14H24N4OS/c1-4-12-15-14(20-16-12)18-7-5-6-17(8-9-18)13(19)10-11(2)3/h11H,4-10H2,1-3H3. The number of anilines is 1. The predicted molar refractivity (Wildman–Crippen MR) is 82.2 cm³/mol. The fourth-order valence-electron chi connectivity index (χ4n) is 2.35. The second-order valence-electron chi connectivity index (χ2n) is 5.67. The first kappa shape index (κ1) is 15.2. The van der Waals surface area contributed by atoms with Crippen LogP contribution in [0.15, 0.2) is 0 Å². The van der Waals surface area contributed by atoms with Gasteiger partial charge in [0, 0.05) is 50.6 Å². The van der Waals surface area contributed by atoms with Crippen molar-refractivity contribution in [3.05, 3.63) is 5.82 Å². The number of carbonyl (C=O) groups is 1. The molecule has 6 heteroatoms. The van der Waals surface area contributed by atoms with Crippen molar-refractivity contribution in [1.29, 1.82) is 0 Å². The lowest BCUT2D eigenvalue weighted by Crippen LogP contribution is -2.35. The van der Waals surface area contributed by atoms with Gasteiger partial charge in [0.15, 0.2) is 0 Å². The molecule has 0 bridgehead atoms. The van der Waals surface area contributed by atoms with Crippen molar-refractivity contribution in [2.45, 2.75) is 40.0 Å². The van der Waals surface area contributed by atoms with Gasteiger partial charge in [-0.15, -0.1) is 0 Å². The van der Waals surface area contributed by atoms with E-state index in [2.05, 4.69) is 35.0 Å². The third-order valence-corrected chi connectivity index (χ3v) is 4.29. The van der Waals surface area contributed by atoms with Crippen molar-refractivity contribution in [3.8, 4) is 0 Å². The molecule has 0 radical (unpaired) electrons. The Bertz CT molecular complexity index is 446. The van der Waals surface area contributed by atoms with Crippen LogP contribution in [-0.4, -0.2) is 46.3 Å². The molecular weight excluding hydrogens is 272 g/mol. The molecule has 0 spiro atoms. The van der Waals surface area contributed by atoms with E-state index in [0.29, 0.717) is 12.3 Å². The van der Waals surface area contributed by atoms with E-state index in [1.165, 1.54) is 11.5 Å². The minimum Gasteiger partial charge on any atom is -0.345 e. The fraction of sp³-hybridized carbons (Fsp3) is 0.786. The summed E-state index contributed by atoms with van der Waals surface area (Å²) in [5.74, 6) is 1.63. The highest BCUT2D eigenvalue weighted by Gasteiger charge is 2.21. The zero-order valence-electron chi connectivity index (χ0n) is 12.6. The van der Waals surface area contributed by atoms with Gasteiger partial charge in [0.2, 0.25) is 11.0 Å². The largest absolute Gasteiger partial charge is 0.345 e. The topological polar surface area (TPSA) is 49.3 Å². The van der Waals surface area contributed by atoms with Gasteiger partial charge in [0.25, 0.3) is 0 Å². The molecule has 0 N–H and O–H groups in total. The van der Waals surface area contributed by atoms with E-state index in [1.54, 1.807) is 0 Å². The van der Waals surface area contributed by atoms with Crippen LogP contribution in [0.5, 0.6) is 0 Å². The van der Waals surface area contributed by atoms with Crippen LogP contribution in [0.3, 0.4) is 0 Å². The van der Waals surface area contributed by atoms with E-state index >= 15 is 0 Å². The molecule has 2 heterocycles. The van der Waals surface area contributed by atoms with E-state index in [9.17, 15) is 4.79 Å². The molecule has 0 aliphatic carbocycles. The molecule has 1 aliphatic heterocycles. The molecule has 1 aromatic heterocycles. The van der Waals surface area contributed by atoms with Crippen LogP contribution in [0.1, 0.15) is 39.4 Å². The summed E-state index contributed by atoms with van der Waals surface area (Å²) in [6.45, 7) is 9.74. The average Bonchev–Trinajstić information content (AvgIpc) is 2.74. The number of aryl methyl sites for hydroxylation is 1. The predicted octanol–water partition coefficient (Wildman–Crippen LogP) is 2.19. The summed E-state index contributed by atoms with van der Waals surface area (Å²) in [5.41, 5.74) is 0. The van der Waals surface area contributed by atoms with Gasteiger partial charge in [-0.25, -0.2) is 4.98 Å². The highest BCUT2D eigenvalue weighted by atomic mass is 32.1. The van der Waals surface area contributed by atoms with E-state index in [4.69, 9.17) is 0 Å². The minimum atomic E-state index is 0.286. The van der Waals surface area contributed by atoms with Gasteiger partial charge in [-0.05, 0) is 12.3 Å². The SMILES string of the molecule is CCc1nsc(N2CCCN(C(=O)CC(C)C)CC2)n1. The highest BCUT2D eigenvalue weighted by molar-refractivity contribution is 7.09. The fourth-order valence-corrected chi connectivity index (χ4v) is 3.15. The number of hydrogen-bond donors (Lipinski definition) is 0. The normalized spacial score (nSPS) is 16.6. The van der Waals surface area contributed by atoms with Crippen molar-refractivity contribution < 1.29 is 4.79 Å². The number of amides is 1. The Labute approximate surface area is 125 Å². The molecule has 0 unspecified atom stereocenters. The Hall–Kier alpha value is -1.17. The molecule has 2 rings (SSSR count). The summed E-state index contributed by atoms with van der Waals surface area (Å²) >= 11 is 1.47. The van der Waals surface area contributed by atoms with Gasteiger partial charge in [-0.2, -0.15) is 4.37 Å². The van der Waals surface area contributed by atoms with E-state index in [0.717, 1.165) is 50.0 Å². The number of nitrogens with zero attached hydrogens (tertiary/aromatic N) is 4. The smallest absolute Gasteiger partial charge is 0.222 e. The quantitative estimate of drug-likeness (QED) is 0.854. The van der Waals surface area contributed by atoms with Gasteiger partial charge in [-0.1, -0.05) is 20.8 Å². The first-order valence-corrected chi connectivity index (χ1v) is 8.22. The van der Waals surface area contributed by atoms with E-state index in [1.807, 2.05) is 4.90 Å². The molecule has 1 amide bonds. The summed E-state index contributed by atoms with van der Waals surface area (Å²) in [6.07, 6.45) is 2.53. The first-order valence-electron chi connectivity index (χ1n) is 7.45. The number of aromatic nitrogens is 2. The van der Waals surface area contributed by atoms with Gasteiger partial charge in [0.05, 0.1) is 0 Å². The number of carbonyl (C=O) groups excluding carboxylic acids is 1. The molecule has 5 nitrogen and oxygen atoms in total. The molecule has 1 fully saturated rings. The van der Waals surface area contributed by atoms with Gasteiger partial charge in [0.1, 0.15) is 5.82 Å². The number of hydrogen-bond acceptors (Lipinski definition) is 5. The zero-order chi connectivity index (χ0) is 14.5. The highest BCUT2D eigenvalue weighted by Crippen LogP contribution is 2.19. The molecule has 0 atom stereocenters. The van der Waals surface area contributed by atoms with Crippen LogP contribution in [0.4, 0.5) is 5.13 Å². The summed E-state index contributed by atoms with van der Waals surface area (Å²) < 4.78 is 4.34. The lowest BCUT2D eigenvalue weighted by atomic mass is 10.1. The molecule has 112 valence electrons. The van der Waals surface area contributed by atoms with Crippen LogP contribution in [0.25, 0.3) is 0 Å². The van der Waals surface area contributed by atoms with Crippen molar-refractivity contribution in [2.75, 3.05) is 31.1 Å². The maximum absolute atomic E-state index is 12.1. The lowest BCUT2D eigenvalue weighted by Gasteiger charge is -2.22. The Morgan fingerprint density at radius 2 is 2.10 bits per heavy atom. The second kappa shape index (κ2) is 7.02. The third-order valence-electron chi connectivity index (χ3n) is 3.48. The van der Waals surface area contributed by atoms with Gasteiger partial charge < -0.3 is 9.80 Å². The van der Waals surface area contributed by atoms with Crippen molar-refractivity contribution in [1.82, 2.24) is 14.3 Å². The Balaban J connectivity index is 1.93. The lowest BCUT2D eigenvalue weighted by molar-refractivity contribution is -0.131. The molecule has 1 aliphatic rings. The molecule has 0 aromatic carbocycles. The summed E-state index contributed by atoms with van der Waals surface area (Å²) in [6, 6.07) is 0. The zero-order valence-corrected chi connectivity index (χ0v) is 13.4. The summed E-state index contributed by atoms with van der Waals surface area (Å²) in [4.78, 5) is 20.9. The first-order chi connectivity index (χ1) is 9.60. The molecule has 20 heavy (non-hydrogen) atoms. The van der Waals surface area contributed by atoms with Gasteiger partial charge in [-0.3, -0.25) is 4.79 Å². The van der Waals surface area contributed by atoms with Crippen molar-refractivity contribution >= 4 is 22.6 Å².